The average Bonchev–Trinajstić information content (AvgIpc) is 2.83. The molecule has 0 saturated heterocycles. The normalized spacial score (nSPS) is 10.6. The van der Waals surface area contributed by atoms with Crippen molar-refractivity contribution < 1.29 is 4.79 Å². The molecule has 20 heavy (non-hydrogen) atoms. The molecule has 1 heterocycles. The van der Waals surface area contributed by atoms with E-state index < -0.39 is 0 Å². The summed E-state index contributed by atoms with van der Waals surface area (Å²) in [5.74, 6) is -0.146. The monoisotopic (exact) mass is 311 g/mol. The number of carbonyl (C=O) groups is 1. The third-order valence-corrected chi connectivity index (χ3v) is 3.76. The highest BCUT2D eigenvalue weighted by molar-refractivity contribution is 6.42. The minimum absolute atomic E-state index is 0.146. The van der Waals surface area contributed by atoms with Crippen LogP contribution in [0, 0.1) is 6.92 Å². The molecule has 6 heteroatoms. The average molecular weight is 312 g/mol. The zero-order valence-electron chi connectivity index (χ0n) is 11.0. The van der Waals surface area contributed by atoms with E-state index in [0.29, 0.717) is 22.2 Å². The van der Waals surface area contributed by atoms with E-state index in [9.17, 15) is 4.79 Å². The van der Waals surface area contributed by atoms with Gasteiger partial charge in [0.2, 0.25) is 0 Å². The molecule has 0 radical (unpaired) electrons. The zero-order chi connectivity index (χ0) is 14.5. The molecular formula is C14H15Cl2N3O. The molecule has 0 bridgehead atoms. The molecule has 0 aliphatic heterocycles. The Bertz CT molecular complexity index is 610. The van der Waals surface area contributed by atoms with E-state index in [4.69, 9.17) is 23.2 Å². The molecule has 0 saturated carbocycles. The number of aromatic amines is 1. The molecule has 2 rings (SSSR count). The number of H-pyrrole nitrogens is 1. The van der Waals surface area contributed by atoms with Crippen molar-refractivity contribution >= 4 is 29.1 Å². The Kier molecular flexibility index (Phi) is 5.04. The van der Waals surface area contributed by atoms with E-state index in [0.717, 1.165) is 18.5 Å². The Morgan fingerprint density at radius 1 is 1.35 bits per heavy atom. The number of benzene rings is 1. The predicted molar refractivity (Wildman–Crippen MR) is 80.4 cm³/mol. The summed E-state index contributed by atoms with van der Waals surface area (Å²) in [6.07, 6.45) is 3.55. The summed E-state index contributed by atoms with van der Waals surface area (Å²) in [4.78, 5) is 11.9. The lowest BCUT2D eigenvalue weighted by atomic mass is 10.1. The zero-order valence-corrected chi connectivity index (χ0v) is 12.6. The number of aryl methyl sites for hydroxylation is 2. The Balaban J connectivity index is 1.80. The SMILES string of the molecule is Cc1[nH]ncc1CCCNC(=O)c1ccc(Cl)c(Cl)c1. The van der Waals surface area contributed by atoms with Gasteiger partial charge in [-0.05, 0) is 43.5 Å². The van der Waals surface area contributed by atoms with Gasteiger partial charge in [-0.1, -0.05) is 23.2 Å². The second-order valence-corrected chi connectivity index (χ2v) is 5.32. The molecule has 1 aromatic heterocycles. The van der Waals surface area contributed by atoms with Gasteiger partial charge in [0.25, 0.3) is 5.91 Å². The lowest BCUT2D eigenvalue weighted by Gasteiger charge is -2.06. The third kappa shape index (κ3) is 3.74. The van der Waals surface area contributed by atoms with Crippen LogP contribution < -0.4 is 5.32 Å². The van der Waals surface area contributed by atoms with Crippen molar-refractivity contribution in [3.63, 3.8) is 0 Å². The van der Waals surface area contributed by atoms with Gasteiger partial charge in [-0.3, -0.25) is 9.89 Å². The molecule has 0 unspecified atom stereocenters. The lowest BCUT2D eigenvalue weighted by Crippen LogP contribution is -2.24. The maximum absolute atomic E-state index is 11.9. The molecule has 1 amide bonds. The van der Waals surface area contributed by atoms with Crippen LogP contribution in [0.2, 0.25) is 10.0 Å². The van der Waals surface area contributed by atoms with Crippen molar-refractivity contribution in [1.82, 2.24) is 15.5 Å². The van der Waals surface area contributed by atoms with Gasteiger partial charge in [0.05, 0.1) is 16.2 Å². The second-order valence-electron chi connectivity index (χ2n) is 4.51. The maximum atomic E-state index is 11.9. The van der Waals surface area contributed by atoms with E-state index in [1.807, 2.05) is 13.1 Å². The van der Waals surface area contributed by atoms with Crippen LogP contribution in [0.25, 0.3) is 0 Å². The first-order chi connectivity index (χ1) is 9.58. The van der Waals surface area contributed by atoms with Crippen LogP contribution in [0.3, 0.4) is 0 Å². The third-order valence-electron chi connectivity index (χ3n) is 3.02. The molecule has 1 aromatic carbocycles. The van der Waals surface area contributed by atoms with Gasteiger partial charge in [0.1, 0.15) is 0 Å². The molecule has 0 aliphatic carbocycles. The Labute approximate surface area is 127 Å². The number of carbonyl (C=O) groups excluding carboxylic acids is 1. The van der Waals surface area contributed by atoms with Gasteiger partial charge in [-0.2, -0.15) is 5.10 Å². The van der Waals surface area contributed by atoms with Crippen LogP contribution >= 0.6 is 23.2 Å². The Morgan fingerprint density at radius 2 is 2.15 bits per heavy atom. The maximum Gasteiger partial charge on any atom is 0.251 e. The number of amides is 1. The van der Waals surface area contributed by atoms with E-state index in [2.05, 4.69) is 15.5 Å². The molecule has 106 valence electrons. The van der Waals surface area contributed by atoms with Crippen LogP contribution in [0.1, 0.15) is 28.0 Å². The first-order valence-electron chi connectivity index (χ1n) is 6.30. The molecule has 4 nitrogen and oxygen atoms in total. The second kappa shape index (κ2) is 6.77. The summed E-state index contributed by atoms with van der Waals surface area (Å²) in [5.41, 5.74) is 2.76. The van der Waals surface area contributed by atoms with Gasteiger partial charge in [0.15, 0.2) is 0 Å². The first-order valence-corrected chi connectivity index (χ1v) is 7.05. The number of nitrogens with one attached hydrogen (secondary N) is 2. The van der Waals surface area contributed by atoms with Gasteiger partial charge in [-0.25, -0.2) is 0 Å². The Hall–Kier alpha value is -1.52. The van der Waals surface area contributed by atoms with Crippen molar-refractivity contribution in [2.75, 3.05) is 6.54 Å². The minimum Gasteiger partial charge on any atom is -0.352 e. The predicted octanol–water partition coefficient (Wildman–Crippen LogP) is 3.39. The summed E-state index contributed by atoms with van der Waals surface area (Å²) in [6, 6.07) is 4.84. The molecule has 0 aliphatic rings. The number of rotatable bonds is 5. The number of hydrogen-bond donors (Lipinski definition) is 2. The smallest absolute Gasteiger partial charge is 0.251 e. The highest BCUT2D eigenvalue weighted by Gasteiger charge is 2.07. The standard InChI is InChI=1S/C14H15Cl2N3O/c1-9-11(8-18-19-9)3-2-6-17-14(20)10-4-5-12(15)13(16)7-10/h4-5,7-8H,2-3,6H2,1H3,(H,17,20)(H,18,19). The van der Waals surface area contributed by atoms with Crippen molar-refractivity contribution in [1.29, 1.82) is 0 Å². The van der Waals surface area contributed by atoms with E-state index in [1.165, 1.54) is 5.56 Å². The molecule has 2 aromatic rings. The fourth-order valence-corrected chi connectivity index (χ4v) is 2.15. The van der Waals surface area contributed by atoms with Crippen LogP contribution in [-0.4, -0.2) is 22.6 Å². The number of nitrogens with zero attached hydrogens (tertiary/aromatic N) is 1. The van der Waals surface area contributed by atoms with E-state index in [1.54, 1.807) is 18.2 Å². The summed E-state index contributed by atoms with van der Waals surface area (Å²) >= 11 is 11.7. The van der Waals surface area contributed by atoms with Crippen LogP contribution in [-0.2, 0) is 6.42 Å². The molecule has 0 atom stereocenters. The van der Waals surface area contributed by atoms with Crippen molar-refractivity contribution in [3.05, 3.63) is 51.3 Å². The van der Waals surface area contributed by atoms with Crippen molar-refractivity contribution in [2.24, 2.45) is 0 Å². The Morgan fingerprint density at radius 3 is 2.80 bits per heavy atom. The fraction of sp³-hybridized carbons (Fsp3) is 0.286. The summed E-state index contributed by atoms with van der Waals surface area (Å²) in [6.45, 7) is 2.58. The van der Waals surface area contributed by atoms with Gasteiger partial charge in [-0.15, -0.1) is 0 Å². The van der Waals surface area contributed by atoms with Crippen LogP contribution in [0.15, 0.2) is 24.4 Å². The topological polar surface area (TPSA) is 57.8 Å². The number of aromatic nitrogens is 2. The largest absolute Gasteiger partial charge is 0.352 e. The molecule has 0 spiro atoms. The fourth-order valence-electron chi connectivity index (χ4n) is 1.85. The molecule has 0 fully saturated rings. The number of halogens is 2. The first kappa shape index (κ1) is 14.9. The summed E-state index contributed by atoms with van der Waals surface area (Å²) in [5, 5.41) is 10.5. The van der Waals surface area contributed by atoms with Gasteiger partial charge >= 0.3 is 0 Å². The van der Waals surface area contributed by atoms with Crippen molar-refractivity contribution in [3.8, 4) is 0 Å². The number of hydrogen-bond acceptors (Lipinski definition) is 2. The summed E-state index contributed by atoms with van der Waals surface area (Å²) in [7, 11) is 0. The van der Waals surface area contributed by atoms with Crippen LogP contribution in [0.4, 0.5) is 0 Å². The quantitative estimate of drug-likeness (QED) is 0.832. The van der Waals surface area contributed by atoms with Crippen molar-refractivity contribution in [2.45, 2.75) is 19.8 Å². The van der Waals surface area contributed by atoms with Gasteiger partial charge < -0.3 is 5.32 Å². The molecule has 2 N–H and O–H groups in total. The highest BCUT2D eigenvalue weighted by atomic mass is 35.5. The summed E-state index contributed by atoms with van der Waals surface area (Å²) < 4.78 is 0. The molecular weight excluding hydrogens is 297 g/mol. The van der Waals surface area contributed by atoms with Crippen LogP contribution in [0.5, 0.6) is 0 Å². The minimum atomic E-state index is -0.146. The van der Waals surface area contributed by atoms with E-state index >= 15 is 0 Å². The lowest BCUT2D eigenvalue weighted by molar-refractivity contribution is 0.0953. The highest BCUT2D eigenvalue weighted by Crippen LogP contribution is 2.22. The van der Waals surface area contributed by atoms with E-state index in [-0.39, 0.29) is 5.91 Å². The van der Waals surface area contributed by atoms with Gasteiger partial charge in [0, 0.05) is 17.8 Å².